The Balaban J connectivity index is 1.54. The number of amides is 1. The standard InChI is InChI=1S/C17H15N3O2/c21-17(12-22-14-6-2-1-3-7-14)20-19-11-13-10-18-16-9-5-4-8-15(13)16/h1-11,18H,12H2,(H,20,21). The van der Waals surface area contributed by atoms with E-state index in [1.54, 1.807) is 18.3 Å². The molecule has 3 rings (SSSR count). The van der Waals surface area contributed by atoms with E-state index in [0.717, 1.165) is 16.5 Å². The number of nitrogens with one attached hydrogen (secondary N) is 2. The predicted octanol–water partition coefficient (Wildman–Crippen LogP) is 2.70. The lowest BCUT2D eigenvalue weighted by Crippen LogP contribution is -2.24. The Morgan fingerprint density at radius 3 is 2.77 bits per heavy atom. The molecule has 0 aliphatic rings. The molecule has 0 atom stereocenters. The number of rotatable bonds is 5. The van der Waals surface area contributed by atoms with Gasteiger partial charge in [0.25, 0.3) is 5.91 Å². The first kappa shape index (κ1) is 13.9. The molecule has 0 radical (unpaired) electrons. The summed E-state index contributed by atoms with van der Waals surface area (Å²) >= 11 is 0. The van der Waals surface area contributed by atoms with Crippen molar-refractivity contribution >= 4 is 23.0 Å². The third-order valence-corrected chi connectivity index (χ3v) is 3.13. The average molecular weight is 293 g/mol. The van der Waals surface area contributed by atoms with Crippen LogP contribution in [0.15, 0.2) is 65.9 Å². The minimum Gasteiger partial charge on any atom is -0.484 e. The van der Waals surface area contributed by atoms with Gasteiger partial charge in [-0.25, -0.2) is 5.43 Å². The highest BCUT2D eigenvalue weighted by Crippen LogP contribution is 2.15. The fourth-order valence-electron chi connectivity index (χ4n) is 2.07. The van der Waals surface area contributed by atoms with E-state index >= 15 is 0 Å². The highest BCUT2D eigenvalue weighted by molar-refractivity contribution is 5.99. The zero-order valence-corrected chi connectivity index (χ0v) is 11.8. The van der Waals surface area contributed by atoms with Crippen LogP contribution in [0.2, 0.25) is 0 Å². The number of fused-ring (bicyclic) bond motifs is 1. The molecule has 1 amide bonds. The summed E-state index contributed by atoms with van der Waals surface area (Å²) in [5.41, 5.74) is 4.39. The van der Waals surface area contributed by atoms with Crippen LogP contribution in [-0.4, -0.2) is 23.7 Å². The van der Waals surface area contributed by atoms with Gasteiger partial charge in [-0.3, -0.25) is 4.79 Å². The van der Waals surface area contributed by atoms with Crippen LogP contribution in [0, 0.1) is 0 Å². The second-order valence-electron chi connectivity index (χ2n) is 4.68. The number of aromatic nitrogens is 1. The number of nitrogens with zero attached hydrogens (tertiary/aromatic N) is 1. The van der Waals surface area contributed by atoms with Crippen LogP contribution in [0.4, 0.5) is 0 Å². The molecule has 2 N–H and O–H groups in total. The van der Waals surface area contributed by atoms with Gasteiger partial charge in [-0.2, -0.15) is 5.10 Å². The molecule has 0 fully saturated rings. The summed E-state index contributed by atoms with van der Waals surface area (Å²) in [5, 5.41) is 5.01. The number of ether oxygens (including phenoxy) is 1. The summed E-state index contributed by atoms with van der Waals surface area (Å²) in [6.07, 6.45) is 3.46. The Morgan fingerprint density at radius 2 is 1.91 bits per heavy atom. The SMILES string of the molecule is O=C(COc1ccccc1)NN=Cc1c[nH]c2ccccc12. The van der Waals surface area contributed by atoms with Crippen molar-refractivity contribution < 1.29 is 9.53 Å². The van der Waals surface area contributed by atoms with Crippen LogP contribution in [-0.2, 0) is 4.79 Å². The molecular formula is C17H15N3O2. The van der Waals surface area contributed by atoms with Gasteiger partial charge in [0.2, 0.25) is 0 Å². The van der Waals surface area contributed by atoms with E-state index in [9.17, 15) is 4.79 Å². The van der Waals surface area contributed by atoms with Crippen molar-refractivity contribution in [2.75, 3.05) is 6.61 Å². The van der Waals surface area contributed by atoms with E-state index in [4.69, 9.17) is 4.74 Å². The second kappa shape index (κ2) is 6.58. The lowest BCUT2D eigenvalue weighted by Gasteiger charge is -2.03. The Labute approximate surface area is 127 Å². The van der Waals surface area contributed by atoms with Crippen molar-refractivity contribution in [1.82, 2.24) is 10.4 Å². The molecule has 110 valence electrons. The number of hydrogen-bond donors (Lipinski definition) is 2. The number of hydrazone groups is 1. The summed E-state index contributed by atoms with van der Waals surface area (Å²) < 4.78 is 5.33. The number of benzene rings is 2. The van der Waals surface area contributed by atoms with E-state index in [1.165, 1.54) is 0 Å². The molecule has 5 heteroatoms. The van der Waals surface area contributed by atoms with Crippen molar-refractivity contribution in [2.45, 2.75) is 0 Å². The van der Waals surface area contributed by atoms with Gasteiger partial charge in [0.05, 0.1) is 6.21 Å². The molecule has 22 heavy (non-hydrogen) atoms. The molecule has 3 aromatic rings. The Hall–Kier alpha value is -3.08. The maximum Gasteiger partial charge on any atom is 0.277 e. The Morgan fingerprint density at radius 1 is 1.14 bits per heavy atom. The van der Waals surface area contributed by atoms with Crippen molar-refractivity contribution in [2.24, 2.45) is 5.10 Å². The normalized spacial score (nSPS) is 10.9. The molecule has 0 aliphatic carbocycles. The number of hydrogen-bond acceptors (Lipinski definition) is 3. The monoisotopic (exact) mass is 293 g/mol. The number of carbonyl (C=O) groups is 1. The third-order valence-electron chi connectivity index (χ3n) is 3.13. The molecule has 0 bridgehead atoms. The lowest BCUT2D eigenvalue weighted by atomic mass is 10.2. The molecule has 1 aromatic heterocycles. The van der Waals surface area contributed by atoms with Gasteiger partial charge in [-0.1, -0.05) is 36.4 Å². The number of aromatic amines is 1. The topological polar surface area (TPSA) is 66.5 Å². The maximum atomic E-state index is 11.7. The Kier molecular flexibility index (Phi) is 4.15. The third kappa shape index (κ3) is 3.32. The van der Waals surface area contributed by atoms with Crippen LogP contribution in [0.5, 0.6) is 5.75 Å². The summed E-state index contributed by atoms with van der Waals surface area (Å²) in [4.78, 5) is 14.8. The van der Waals surface area contributed by atoms with Gasteiger partial charge in [0.1, 0.15) is 5.75 Å². The van der Waals surface area contributed by atoms with Crippen molar-refractivity contribution in [3.8, 4) is 5.75 Å². The fourth-order valence-corrected chi connectivity index (χ4v) is 2.07. The van der Waals surface area contributed by atoms with E-state index in [0.29, 0.717) is 5.75 Å². The number of carbonyl (C=O) groups excluding carboxylic acids is 1. The first-order valence-corrected chi connectivity index (χ1v) is 6.89. The number of H-pyrrole nitrogens is 1. The highest BCUT2D eigenvalue weighted by atomic mass is 16.5. The van der Waals surface area contributed by atoms with Crippen LogP contribution in [0.3, 0.4) is 0 Å². The first-order chi connectivity index (χ1) is 10.8. The van der Waals surface area contributed by atoms with Crippen molar-refractivity contribution in [1.29, 1.82) is 0 Å². The smallest absolute Gasteiger partial charge is 0.277 e. The molecule has 5 nitrogen and oxygen atoms in total. The van der Waals surface area contributed by atoms with Crippen LogP contribution < -0.4 is 10.2 Å². The molecular weight excluding hydrogens is 278 g/mol. The summed E-state index contributed by atoms with van der Waals surface area (Å²) in [6, 6.07) is 17.1. The highest BCUT2D eigenvalue weighted by Gasteiger charge is 2.02. The minimum absolute atomic E-state index is 0.0742. The van der Waals surface area contributed by atoms with Gasteiger partial charge < -0.3 is 9.72 Å². The van der Waals surface area contributed by atoms with Crippen LogP contribution in [0.1, 0.15) is 5.56 Å². The summed E-state index contributed by atoms with van der Waals surface area (Å²) in [6.45, 7) is -0.0742. The van der Waals surface area contributed by atoms with Gasteiger partial charge >= 0.3 is 0 Å². The van der Waals surface area contributed by atoms with E-state index in [-0.39, 0.29) is 12.5 Å². The van der Waals surface area contributed by atoms with Gasteiger partial charge in [-0.15, -0.1) is 0 Å². The van der Waals surface area contributed by atoms with Gasteiger partial charge in [-0.05, 0) is 18.2 Å². The molecule has 0 saturated heterocycles. The Bertz CT molecular complexity index is 794. The van der Waals surface area contributed by atoms with E-state index in [1.807, 2.05) is 48.7 Å². The largest absolute Gasteiger partial charge is 0.484 e. The van der Waals surface area contributed by atoms with Crippen LogP contribution in [0.25, 0.3) is 10.9 Å². The fraction of sp³-hybridized carbons (Fsp3) is 0.0588. The van der Waals surface area contributed by atoms with Gasteiger partial charge in [0, 0.05) is 22.7 Å². The maximum absolute atomic E-state index is 11.7. The average Bonchev–Trinajstić information content (AvgIpc) is 2.97. The lowest BCUT2D eigenvalue weighted by molar-refractivity contribution is -0.123. The molecule has 1 heterocycles. The molecule has 0 saturated carbocycles. The summed E-state index contributed by atoms with van der Waals surface area (Å²) in [7, 11) is 0. The van der Waals surface area contributed by atoms with Crippen molar-refractivity contribution in [3.63, 3.8) is 0 Å². The molecule has 0 aliphatic heterocycles. The van der Waals surface area contributed by atoms with E-state index < -0.39 is 0 Å². The molecule has 2 aromatic carbocycles. The number of para-hydroxylation sites is 2. The van der Waals surface area contributed by atoms with E-state index in [2.05, 4.69) is 15.5 Å². The quantitative estimate of drug-likeness (QED) is 0.561. The van der Waals surface area contributed by atoms with Gasteiger partial charge in [0.15, 0.2) is 6.61 Å². The minimum atomic E-state index is -0.306. The van der Waals surface area contributed by atoms with Crippen LogP contribution >= 0.6 is 0 Å². The molecule has 0 spiro atoms. The summed E-state index contributed by atoms with van der Waals surface area (Å²) in [5.74, 6) is 0.346. The predicted molar refractivity (Wildman–Crippen MR) is 86.0 cm³/mol. The zero-order valence-electron chi connectivity index (χ0n) is 11.8. The molecule has 0 unspecified atom stereocenters. The first-order valence-electron chi connectivity index (χ1n) is 6.89. The zero-order chi connectivity index (χ0) is 15.2. The van der Waals surface area contributed by atoms with Crippen molar-refractivity contribution in [3.05, 3.63) is 66.4 Å². The second-order valence-corrected chi connectivity index (χ2v) is 4.68.